The number of hydrogen-bond acceptors (Lipinski definition) is 5. The van der Waals surface area contributed by atoms with Crippen molar-refractivity contribution < 1.29 is 23.8 Å². The van der Waals surface area contributed by atoms with E-state index >= 15 is 0 Å². The summed E-state index contributed by atoms with van der Waals surface area (Å²) in [5.74, 6) is 0.364. The van der Waals surface area contributed by atoms with Gasteiger partial charge in [-0.3, -0.25) is 4.79 Å². The van der Waals surface area contributed by atoms with Crippen LogP contribution in [0.25, 0.3) is 0 Å². The lowest BCUT2D eigenvalue weighted by atomic mass is 10.1. The smallest absolute Gasteiger partial charge is 0.344 e. The fourth-order valence-electron chi connectivity index (χ4n) is 2.71. The van der Waals surface area contributed by atoms with Crippen LogP contribution in [0.1, 0.15) is 23.6 Å². The van der Waals surface area contributed by atoms with Gasteiger partial charge in [-0.2, -0.15) is 0 Å². The number of hydrogen-bond donors (Lipinski definition) is 1. The van der Waals surface area contributed by atoms with Gasteiger partial charge in [-0.1, -0.05) is 17.7 Å². The highest BCUT2D eigenvalue weighted by Crippen LogP contribution is 2.24. The van der Waals surface area contributed by atoms with Crippen molar-refractivity contribution in [2.24, 2.45) is 0 Å². The zero-order valence-electron chi connectivity index (χ0n) is 16.1. The molecule has 2 aromatic rings. The molecule has 0 saturated carbocycles. The highest BCUT2D eigenvalue weighted by atomic mass is 16.6. The Kier molecular flexibility index (Phi) is 7.23. The number of carbonyl (C=O) groups is 2. The van der Waals surface area contributed by atoms with E-state index in [1.807, 2.05) is 39.8 Å². The third-order valence-electron chi connectivity index (χ3n) is 3.75. The first-order valence-corrected chi connectivity index (χ1v) is 8.78. The maximum absolute atomic E-state index is 11.9. The molecule has 0 aliphatic heterocycles. The number of ether oxygens (including phenoxy) is 3. The number of amides is 1. The normalized spacial score (nSPS) is 10.2. The van der Waals surface area contributed by atoms with Crippen LogP contribution in [0.15, 0.2) is 36.4 Å². The van der Waals surface area contributed by atoms with E-state index in [1.54, 1.807) is 24.3 Å². The second-order valence-electron chi connectivity index (χ2n) is 6.18. The van der Waals surface area contributed by atoms with E-state index < -0.39 is 11.9 Å². The lowest BCUT2D eigenvalue weighted by molar-refractivity contribution is -0.149. The summed E-state index contributed by atoms with van der Waals surface area (Å²) in [6.45, 7) is 7.69. The molecule has 0 atom stereocenters. The number of aryl methyl sites for hydroxylation is 3. The van der Waals surface area contributed by atoms with Crippen LogP contribution in [0.4, 0.5) is 5.69 Å². The second-order valence-corrected chi connectivity index (χ2v) is 6.18. The van der Waals surface area contributed by atoms with Gasteiger partial charge in [-0.15, -0.1) is 0 Å². The average molecular weight is 371 g/mol. The van der Waals surface area contributed by atoms with Gasteiger partial charge >= 0.3 is 5.97 Å². The Balaban J connectivity index is 1.77. The number of anilines is 1. The topological polar surface area (TPSA) is 73.9 Å². The van der Waals surface area contributed by atoms with E-state index in [1.165, 1.54) is 0 Å². The number of rotatable bonds is 8. The van der Waals surface area contributed by atoms with Gasteiger partial charge in [0.15, 0.2) is 13.2 Å². The molecule has 1 amide bonds. The zero-order chi connectivity index (χ0) is 19.8. The maximum Gasteiger partial charge on any atom is 0.344 e. The first kappa shape index (κ1) is 20.3. The minimum absolute atomic E-state index is 0.249. The summed E-state index contributed by atoms with van der Waals surface area (Å²) in [4.78, 5) is 23.7. The van der Waals surface area contributed by atoms with E-state index in [0.29, 0.717) is 18.0 Å². The molecule has 2 aromatic carbocycles. The Hall–Kier alpha value is -3.02. The average Bonchev–Trinajstić information content (AvgIpc) is 2.61. The van der Waals surface area contributed by atoms with Crippen LogP contribution in [-0.2, 0) is 14.3 Å². The highest BCUT2D eigenvalue weighted by Gasteiger charge is 2.11. The minimum atomic E-state index is -0.601. The predicted molar refractivity (Wildman–Crippen MR) is 103 cm³/mol. The minimum Gasteiger partial charge on any atom is -0.494 e. The van der Waals surface area contributed by atoms with Crippen molar-refractivity contribution in [1.82, 2.24) is 0 Å². The van der Waals surface area contributed by atoms with Crippen LogP contribution in [0, 0.1) is 20.8 Å². The molecule has 0 aliphatic carbocycles. The maximum atomic E-state index is 11.9. The molecule has 0 spiro atoms. The summed E-state index contributed by atoms with van der Waals surface area (Å²) < 4.78 is 15.8. The molecule has 0 bridgehead atoms. The lowest BCUT2D eigenvalue weighted by Gasteiger charge is -2.13. The number of carbonyl (C=O) groups excluding carboxylic acids is 2. The van der Waals surface area contributed by atoms with Crippen LogP contribution in [-0.4, -0.2) is 31.7 Å². The molecule has 0 fully saturated rings. The molecule has 6 heteroatoms. The summed E-state index contributed by atoms with van der Waals surface area (Å²) in [5, 5.41) is 2.65. The van der Waals surface area contributed by atoms with Gasteiger partial charge in [0.05, 0.1) is 6.61 Å². The molecule has 0 radical (unpaired) electrons. The van der Waals surface area contributed by atoms with Crippen molar-refractivity contribution in [1.29, 1.82) is 0 Å². The Labute approximate surface area is 159 Å². The van der Waals surface area contributed by atoms with Crippen molar-refractivity contribution in [2.45, 2.75) is 27.7 Å². The van der Waals surface area contributed by atoms with Gasteiger partial charge < -0.3 is 19.5 Å². The first-order chi connectivity index (χ1) is 12.9. The van der Waals surface area contributed by atoms with Crippen molar-refractivity contribution in [3.8, 4) is 11.5 Å². The third kappa shape index (κ3) is 6.33. The summed E-state index contributed by atoms with van der Waals surface area (Å²) in [5.41, 5.74) is 3.63. The predicted octanol–water partition coefficient (Wildman–Crippen LogP) is 3.57. The SMILES string of the molecule is CCOc1ccc(NC(=O)COC(=O)COc2c(C)cc(C)cc2C)cc1. The number of esters is 1. The molecule has 144 valence electrons. The van der Waals surface area contributed by atoms with Crippen LogP contribution in [0.5, 0.6) is 11.5 Å². The fourth-order valence-corrected chi connectivity index (χ4v) is 2.71. The molecule has 0 saturated heterocycles. The van der Waals surface area contributed by atoms with Crippen molar-refractivity contribution in [3.05, 3.63) is 53.1 Å². The fraction of sp³-hybridized carbons (Fsp3) is 0.333. The molecule has 0 aliphatic rings. The van der Waals surface area contributed by atoms with Crippen molar-refractivity contribution in [2.75, 3.05) is 25.1 Å². The third-order valence-corrected chi connectivity index (χ3v) is 3.75. The Bertz CT molecular complexity index is 776. The van der Waals surface area contributed by atoms with E-state index in [-0.39, 0.29) is 13.2 Å². The Morgan fingerprint density at radius 2 is 1.56 bits per heavy atom. The first-order valence-electron chi connectivity index (χ1n) is 8.78. The van der Waals surface area contributed by atoms with Crippen LogP contribution < -0.4 is 14.8 Å². The molecule has 1 N–H and O–H groups in total. The molecule has 0 unspecified atom stereocenters. The van der Waals surface area contributed by atoms with Crippen LogP contribution >= 0.6 is 0 Å². The zero-order valence-corrected chi connectivity index (χ0v) is 16.1. The Morgan fingerprint density at radius 1 is 0.926 bits per heavy atom. The summed E-state index contributed by atoms with van der Waals surface area (Å²) in [7, 11) is 0. The van der Waals surface area contributed by atoms with Gasteiger partial charge in [0, 0.05) is 5.69 Å². The second kappa shape index (κ2) is 9.62. The van der Waals surface area contributed by atoms with Gasteiger partial charge in [-0.05, 0) is 63.1 Å². The van der Waals surface area contributed by atoms with E-state index in [9.17, 15) is 9.59 Å². The summed E-state index contributed by atoms with van der Waals surface area (Å²) in [6, 6.07) is 10.9. The van der Waals surface area contributed by atoms with E-state index in [2.05, 4.69) is 5.32 Å². The lowest BCUT2D eigenvalue weighted by Crippen LogP contribution is -2.23. The number of benzene rings is 2. The molecule has 2 rings (SSSR count). The summed E-state index contributed by atoms with van der Waals surface area (Å²) in [6.07, 6.45) is 0. The van der Waals surface area contributed by atoms with Crippen LogP contribution in [0.2, 0.25) is 0 Å². The highest BCUT2D eigenvalue weighted by molar-refractivity contribution is 5.92. The van der Waals surface area contributed by atoms with Gasteiger partial charge in [0.25, 0.3) is 5.91 Å². The quantitative estimate of drug-likeness (QED) is 0.718. The Morgan fingerprint density at radius 3 is 2.15 bits per heavy atom. The van der Waals surface area contributed by atoms with Gasteiger partial charge in [-0.25, -0.2) is 4.79 Å². The van der Waals surface area contributed by atoms with Crippen molar-refractivity contribution >= 4 is 17.6 Å². The standard InChI is InChI=1S/C21H25NO5/c1-5-25-18-8-6-17(7-9-18)22-19(23)12-26-20(24)13-27-21-15(3)10-14(2)11-16(21)4/h6-11H,5,12-13H2,1-4H3,(H,22,23). The van der Waals surface area contributed by atoms with Crippen LogP contribution in [0.3, 0.4) is 0 Å². The van der Waals surface area contributed by atoms with Gasteiger partial charge in [0.2, 0.25) is 0 Å². The number of nitrogens with one attached hydrogen (secondary N) is 1. The molecular weight excluding hydrogens is 346 g/mol. The molecule has 27 heavy (non-hydrogen) atoms. The summed E-state index contributed by atoms with van der Waals surface area (Å²) >= 11 is 0. The monoisotopic (exact) mass is 371 g/mol. The molecule has 0 aromatic heterocycles. The van der Waals surface area contributed by atoms with Crippen molar-refractivity contribution in [3.63, 3.8) is 0 Å². The molecule has 0 heterocycles. The van der Waals surface area contributed by atoms with E-state index in [4.69, 9.17) is 14.2 Å². The van der Waals surface area contributed by atoms with Gasteiger partial charge in [0.1, 0.15) is 11.5 Å². The largest absolute Gasteiger partial charge is 0.494 e. The molecular formula is C21H25NO5. The van der Waals surface area contributed by atoms with E-state index in [0.717, 1.165) is 22.4 Å². The molecule has 6 nitrogen and oxygen atoms in total.